The highest BCUT2D eigenvalue weighted by molar-refractivity contribution is 5.75. The molecule has 10 nitrogen and oxygen atoms in total. The second kappa shape index (κ2) is 13.9. The van der Waals surface area contributed by atoms with E-state index in [4.69, 9.17) is 24.3 Å². The zero-order valence-corrected chi connectivity index (χ0v) is 26.0. The van der Waals surface area contributed by atoms with E-state index in [1.807, 2.05) is 42.4 Å². The summed E-state index contributed by atoms with van der Waals surface area (Å²) < 4.78 is 56.2. The van der Waals surface area contributed by atoms with Crippen molar-refractivity contribution in [2.75, 3.05) is 47.0 Å². The summed E-state index contributed by atoms with van der Waals surface area (Å²) >= 11 is 0. The Kier molecular flexibility index (Phi) is 9.93. The Labute approximate surface area is 262 Å². The first-order valence-electron chi connectivity index (χ1n) is 15.8. The number of alkyl halides is 3. The zero-order chi connectivity index (χ0) is 31.6. The first kappa shape index (κ1) is 32.1. The van der Waals surface area contributed by atoms with Crippen molar-refractivity contribution < 1.29 is 27.4 Å². The third kappa shape index (κ3) is 7.78. The van der Waals surface area contributed by atoms with Crippen molar-refractivity contribution in [1.29, 1.82) is 0 Å². The number of hydrogen-bond acceptors (Lipinski definition) is 9. The molecule has 3 fully saturated rings. The van der Waals surface area contributed by atoms with Gasteiger partial charge in [-0.2, -0.15) is 18.3 Å². The number of fused-ring (bicyclic) bond motifs is 1. The summed E-state index contributed by atoms with van der Waals surface area (Å²) in [4.78, 5) is 9.50. The van der Waals surface area contributed by atoms with Gasteiger partial charge < -0.3 is 19.1 Å². The summed E-state index contributed by atoms with van der Waals surface area (Å²) in [6, 6.07) is 0.361. The maximum absolute atomic E-state index is 12.5. The molecular weight excluding hydrogens is 587 g/mol. The molecule has 0 bridgehead atoms. The molecule has 3 saturated heterocycles. The molecule has 1 aliphatic carbocycles. The van der Waals surface area contributed by atoms with Gasteiger partial charge in [0.05, 0.1) is 25.0 Å². The molecule has 5 heterocycles. The van der Waals surface area contributed by atoms with Gasteiger partial charge in [0, 0.05) is 76.6 Å². The maximum Gasteiger partial charge on any atom is 0.401 e. The number of epoxide rings is 1. The second-order valence-electron chi connectivity index (χ2n) is 12.5. The third-order valence-electron chi connectivity index (χ3n) is 9.37. The van der Waals surface area contributed by atoms with Crippen molar-refractivity contribution in [3.05, 3.63) is 60.4 Å². The van der Waals surface area contributed by atoms with Crippen LogP contribution in [0, 0.1) is 11.8 Å². The lowest BCUT2D eigenvalue weighted by molar-refractivity contribution is -0.126. The van der Waals surface area contributed by atoms with E-state index in [2.05, 4.69) is 46.3 Å². The lowest BCUT2D eigenvalue weighted by Crippen LogP contribution is -2.49. The van der Waals surface area contributed by atoms with Crippen molar-refractivity contribution in [3.8, 4) is 0 Å². The fourth-order valence-corrected chi connectivity index (χ4v) is 6.85. The summed E-state index contributed by atoms with van der Waals surface area (Å²) in [6.07, 6.45) is 13.4. The Hall–Kier alpha value is -2.81. The molecule has 6 atom stereocenters. The number of aromatic nitrogens is 2. The molecule has 5 aliphatic rings. The van der Waals surface area contributed by atoms with Crippen molar-refractivity contribution in [1.82, 2.24) is 30.1 Å². The molecule has 0 spiro atoms. The number of imidazole rings is 1. The summed E-state index contributed by atoms with van der Waals surface area (Å²) in [5.41, 5.74) is 2.93. The monoisotopic (exact) mass is 631 g/mol. The van der Waals surface area contributed by atoms with Gasteiger partial charge in [-0.1, -0.05) is 30.9 Å². The Morgan fingerprint density at radius 3 is 2.80 bits per heavy atom. The molecule has 1 aromatic heterocycles. The number of methoxy groups -OCH3 is 1. The lowest BCUT2D eigenvalue weighted by atomic mass is 9.95. The Morgan fingerprint density at radius 1 is 1.27 bits per heavy atom. The molecule has 0 saturated carbocycles. The first-order chi connectivity index (χ1) is 21.7. The van der Waals surface area contributed by atoms with E-state index >= 15 is 0 Å². The first-order valence-corrected chi connectivity index (χ1v) is 15.8. The molecule has 246 valence electrons. The highest BCUT2D eigenvalue weighted by atomic mass is 19.4. The quantitative estimate of drug-likeness (QED) is 0.268. The van der Waals surface area contributed by atoms with E-state index in [9.17, 15) is 13.2 Å². The largest absolute Gasteiger partial charge is 0.401 e. The van der Waals surface area contributed by atoms with Crippen LogP contribution in [-0.2, 0) is 20.6 Å². The highest BCUT2D eigenvalue weighted by Gasteiger charge is 2.42. The minimum absolute atomic E-state index is 0.0615. The predicted molar refractivity (Wildman–Crippen MR) is 165 cm³/mol. The van der Waals surface area contributed by atoms with Crippen LogP contribution in [0.3, 0.4) is 0 Å². The summed E-state index contributed by atoms with van der Waals surface area (Å²) in [6.45, 7) is 6.63. The fourth-order valence-electron chi connectivity index (χ4n) is 6.85. The van der Waals surface area contributed by atoms with E-state index in [0.717, 1.165) is 68.2 Å². The minimum Gasteiger partial charge on any atom is -0.381 e. The number of likely N-dealkylation sites (tertiary alicyclic amines) is 1. The summed E-state index contributed by atoms with van der Waals surface area (Å²) in [7, 11) is 3.96. The molecular formula is C32H44F3N7O3. The second-order valence-corrected chi connectivity index (χ2v) is 12.5. The number of piperidine rings is 1. The van der Waals surface area contributed by atoms with Gasteiger partial charge in [-0.05, 0) is 36.8 Å². The summed E-state index contributed by atoms with van der Waals surface area (Å²) in [5, 5.41) is 10.4. The fraction of sp³-hybridized carbons (Fsp3) is 0.625. The van der Waals surface area contributed by atoms with Gasteiger partial charge in [0.15, 0.2) is 12.5 Å². The van der Waals surface area contributed by atoms with Crippen LogP contribution in [0.5, 0.6) is 0 Å². The predicted octanol–water partition coefficient (Wildman–Crippen LogP) is 3.50. The zero-order valence-electron chi connectivity index (χ0n) is 26.0. The summed E-state index contributed by atoms with van der Waals surface area (Å²) in [5.74, 6) is 1.38. The molecule has 6 rings (SSSR count). The van der Waals surface area contributed by atoms with E-state index in [1.54, 1.807) is 0 Å². The third-order valence-corrected chi connectivity index (χ3v) is 9.37. The number of ether oxygens (including phenoxy) is 3. The number of rotatable bonds is 12. The van der Waals surface area contributed by atoms with Crippen LogP contribution in [0.15, 0.2) is 54.0 Å². The minimum atomic E-state index is -4.27. The average Bonchev–Trinajstić information content (AvgIpc) is 3.37. The van der Waals surface area contributed by atoms with E-state index < -0.39 is 25.2 Å². The van der Waals surface area contributed by atoms with Crippen LogP contribution in [0.4, 0.5) is 13.2 Å². The van der Waals surface area contributed by atoms with Crippen LogP contribution in [0.1, 0.15) is 37.2 Å². The van der Waals surface area contributed by atoms with Crippen LogP contribution < -0.4 is 10.6 Å². The van der Waals surface area contributed by atoms with Gasteiger partial charge in [0.25, 0.3) is 0 Å². The number of allylic oxidation sites excluding steroid dienone is 4. The molecule has 4 aliphatic heterocycles. The Bertz CT molecular complexity index is 1310. The lowest BCUT2D eigenvalue weighted by Gasteiger charge is -2.41. The Balaban J connectivity index is 1.04. The van der Waals surface area contributed by atoms with Crippen LogP contribution in [-0.4, -0.2) is 110 Å². The molecule has 6 unspecified atom stereocenters. The highest BCUT2D eigenvalue weighted by Crippen LogP contribution is 2.30. The van der Waals surface area contributed by atoms with E-state index in [1.165, 1.54) is 0 Å². The van der Waals surface area contributed by atoms with Gasteiger partial charge in [-0.25, -0.2) is 9.66 Å². The molecule has 1 aromatic rings. The number of nitrogens with zero attached hydrogens (tertiary/aromatic N) is 5. The standard InChI is InChI=1S/C32H44F3N7O3/c1-4-21(18-40(2)26-8-11-41(12-9-26)31(43-3)23-10-13-44-19-23)24-15-28-36-17-27(42(28)38-16-24)22-6-5-7-25(14-22)39-30-29(45-30)37-20-32(33,34)35/h4-6,14,16-18,23-26,29-31,37,39H,1,7-13,15,19-20H2,2-3H3/b21-18+. The van der Waals surface area contributed by atoms with Crippen LogP contribution in [0.25, 0.3) is 5.57 Å². The van der Waals surface area contributed by atoms with Crippen LogP contribution >= 0.6 is 0 Å². The van der Waals surface area contributed by atoms with Gasteiger partial charge in [-0.3, -0.25) is 15.5 Å². The van der Waals surface area contributed by atoms with Gasteiger partial charge in [0.2, 0.25) is 0 Å². The SMILES string of the molecule is C=C/C(=C\N(C)C1CCN(C(OC)C2CCOC2)CC1)C1C=Nn2c(C3=CC(NC4OC4NCC(F)(F)F)CC=C3)cnc2C1. The molecule has 0 aromatic carbocycles. The normalized spacial score (nSPS) is 29.8. The maximum atomic E-state index is 12.5. The van der Waals surface area contributed by atoms with Gasteiger partial charge in [-0.15, -0.1) is 0 Å². The topological polar surface area (TPSA) is 91.7 Å². The smallest absolute Gasteiger partial charge is 0.381 e. The average molecular weight is 632 g/mol. The molecule has 45 heavy (non-hydrogen) atoms. The van der Waals surface area contributed by atoms with Crippen molar-refractivity contribution in [3.63, 3.8) is 0 Å². The van der Waals surface area contributed by atoms with Crippen molar-refractivity contribution in [2.24, 2.45) is 16.9 Å². The molecule has 13 heteroatoms. The molecule has 0 amide bonds. The molecule has 0 radical (unpaired) electrons. The van der Waals surface area contributed by atoms with Gasteiger partial charge >= 0.3 is 6.18 Å². The number of halogens is 3. The number of nitrogens with one attached hydrogen (secondary N) is 2. The number of hydrogen-bond donors (Lipinski definition) is 2. The van der Waals surface area contributed by atoms with Gasteiger partial charge in [0.1, 0.15) is 12.1 Å². The molecule has 2 N–H and O–H groups in total. The van der Waals surface area contributed by atoms with Crippen LogP contribution in [0.2, 0.25) is 0 Å². The van der Waals surface area contributed by atoms with E-state index in [0.29, 0.717) is 24.8 Å². The Morgan fingerprint density at radius 2 is 2.09 bits per heavy atom. The van der Waals surface area contributed by atoms with E-state index in [-0.39, 0.29) is 18.2 Å². The van der Waals surface area contributed by atoms with Crippen molar-refractivity contribution in [2.45, 2.75) is 69.0 Å². The van der Waals surface area contributed by atoms with Crippen molar-refractivity contribution >= 4 is 11.8 Å².